The van der Waals surface area contributed by atoms with Crippen LogP contribution in [0.1, 0.15) is 43.2 Å². The van der Waals surface area contributed by atoms with Gasteiger partial charge < -0.3 is 15.1 Å². The van der Waals surface area contributed by atoms with E-state index in [1.54, 1.807) is 0 Å². The van der Waals surface area contributed by atoms with E-state index in [-0.39, 0.29) is 0 Å². The van der Waals surface area contributed by atoms with Crippen LogP contribution in [0, 0.1) is 5.92 Å². The van der Waals surface area contributed by atoms with Crippen LogP contribution in [-0.2, 0) is 6.54 Å². The molecule has 0 spiro atoms. The molecular weight excluding hydrogens is 450 g/mol. The minimum Gasteiger partial charge on any atom is -0.389 e. The highest BCUT2D eigenvalue weighted by molar-refractivity contribution is 5.67. The molecule has 4 rings (SSSR count). The molecule has 192 valence electrons. The largest absolute Gasteiger partial charge is 0.389 e. The third-order valence-electron chi connectivity index (χ3n) is 7.41. The van der Waals surface area contributed by atoms with Crippen LogP contribution in [0.4, 0.5) is 11.4 Å². The molecule has 1 fully saturated rings. The lowest BCUT2D eigenvalue weighted by Crippen LogP contribution is -2.27. The van der Waals surface area contributed by atoms with Crippen LogP contribution in [0.5, 0.6) is 0 Å². The molecule has 0 amide bonds. The van der Waals surface area contributed by atoms with Crippen molar-refractivity contribution in [3.8, 4) is 11.1 Å². The van der Waals surface area contributed by atoms with Crippen LogP contribution in [0.2, 0.25) is 0 Å². The molecule has 1 aliphatic carbocycles. The van der Waals surface area contributed by atoms with Crippen molar-refractivity contribution in [2.45, 2.75) is 38.6 Å². The fraction of sp³-hybridized carbons (Fsp3) is 0.294. The number of anilines is 2. The van der Waals surface area contributed by atoms with Crippen LogP contribution in [0.3, 0.4) is 0 Å². The van der Waals surface area contributed by atoms with Crippen LogP contribution >= 0.6 is 0 Å². The van der Waals surface area contributed by atoms with Gasteiger partial charge in [-0.15, -0.1) is 0 Å². The van der Waals surface area contributed by atoms with Crippen molar-refractivity contribution in [1.29, 1.82) is 0 Å². The molecule has 0 bridgehead atoms. The van der Waals surface area contributed by atoms with Gasteiger partial charge in [-0.25, -0.2) is 0 Å². The van der Waals surface area contributed by atoms with Crippen molar-refractivity contribution in [1.82, 2.24) is 5.32 Å². The zero-order valence-electron chi connectivity index (χ0n) is 22.7. The maximum atomic E-state index is 4.64. The molecular formula is C34H41N3. The van der Waals surface area contributed by atoms with E-state index < -0.39 is 0 Å². The van der Waals surface area contributed by atoms with Gasteiger partial charge in [0, 0.05) is 50.5 Å². The van der Waals surface area contributed by atoms with Crippen LogP contribution in [-0.4, -0.2) is 21.1 Å². The zero-order chi connectivity index (χ0) is 26.2. The number of likely N-dealkylation sites (N-methyl/N-ethyl adjacent to an activating group) is 1. The third kappa shape index (κ3) is 6.95. The van der Waals surface area contributed by atoms with Crippen molar-refractivity contribution in [3.05, 3.63) is 115 Å². The Morgan fingerprint density at radius 1 is 0.865 bits per heavy atom. The van der Waals surface area contributed by atoms with Gasteiger partial charge in [0.1, 0.15) is 0 Å². The van der Waals surface area contributed by atoms with Crippen molar-refractivity contribution < 1.29 is 0 Å². The maximum absolute atomic E-state index is 4.64. The molecule has 0 saturated heterocycles. The minimum atomic E-state index is 0.548. The molecule has 3 aromatic carbocycles. The normalized spacial score (nSPS) is 13.9. The second-order valence-electron chi connectivity index (χ2n) is 10.3. The van der Waals surface area contributed by atoms with Crippen molar-refractivity contribution in [2.75, 3.05) is 30.9 Å². The summed E-state index contributed by atoms with van der Waals surface area (Å²) in [6.45, 7) is 9.45. The molecule has 3 heteroatoms. The molecule has 1 aliphatic rings. The molecule has 1 N–H and O–H groups in total. The van der Waals surface area contributed by atoms with Crippen LogP contribution < -0.4 is 15.1 Å². The number of hydrogen-bond acceptors (Lipinski definition) is 3. The Bertz CT molecular complexity index is 1210. The van der Waals surface area contributed by atoms with E-state index in [9.17, 15) is 0 Å². The summed E-state index contributed by atoms with van der Waals surface area (Å²) in [6, 6.07) is 26.5. The van der Waals surface area contributed by atoms with E-state index in [1.807, 2.05) is 13.1 Å². The van der Waals surface area contributed by atoms with Crippen molar-refractivity contribution >= 4 is 17.5 Å². The number of nitrogens with zero attached hydrogens (tertiary/aromatic N) is 2. The SMILES string of the molecule is C=C(/C=C/c1cccc(N(Cc2ccc(-c3ccc(N(C)C)cc3)cc2)C(=C)C2CCCCC2)c1)NC. The standard InChI is InChI=1S/C34H41N3/c1-26(35-3)14-15-28-10-9-13-34(24-28)37(27(2)30-11-7-6-8-12-30)25-29-16-18-31(19-17-29)32-20-22-33(23-21-32)36(4)5/h9-10,13-24,30,35H,1-2,6-8,11-12,25H2,3-5H3/b15-14+. The number of hydrogen-bond donors (Lipinski definition) is 1. The average Bonchev–Trinajstić information content (AvgIpc) is 2.95. The summed E-state index contributed by atoms with van der Waals surface area (Å²) in [6.07, 6.45) is 10.5. The van der Waals surface area contributed by atoms with Gasteiger partial charge in [0.05, 0.1) is 0 Å². The Morgan fingerprint density at radius 2 is 1.51 bits per heavy atom. The van der Waals surface area contributed by atoms with Gasteiger partial charge in [-0.2, -0.15) is 0 Å². The van der Waals surface area contributed by atoms with Crippen molar-refractivity contribution in [3.63, 3.8) is 0 Å². The number of nitrogens with one attached hydrogen (secondary N) is 1. The summed E-state index contributed by atoms with van der Waals surface area (Å²) in [7, 11) is 6.03. The molecule has 0 heterocycles. The van der Waals surface area contributed by atoms with Gasteiger partial charge in [-0.05, 0) is 71.4 Å². The van der Waals surface area contributed by atoms with Gasteiger partial charge in [-0.1, -0.05) is 87.0 Å². The predicted molar refractivity (Wildman–Crippen MR) is 162 cm³/mol. The van der Waals surface area contributed by atoms with E-state index in [0.29, 0.717) is 5.92 Å². The lowest BCUT2D eigenvalue weighted by Gasteiger charge is -2.34. The highest BCUT2D eigenvalue weighted by atomic mass is 15.1. The summed E-state index contributed by atoms with van der Waals surface area (Å²) >= 11 is 0. The van der Waals surface area contributed by atoms with Crippen LogP contribution in [0.15, 0.2) is 103 Å². The lowest BCUT2D eigenvalue weighted by atomic mass is 9.86. The fourth-order valence-corrected chi connectivity index (χ4v) is 5.03. The first-order valence-electron chi connectivity index (χ1n) is 13.4. The highest BCUT2D eigenvalue weighted by Gasteiger charge is 2.22. The van der Waals surface area contributed by atoms with Gasteiger partial charge in [0.25, 0.3) is 0 Å². The molecule has 1 saturated carbocycles. The number of benzene rings is 3. The molecule has 0 atom stereocenters. The first kappa shape index (κ1) is 26.3. The second-order valence-corrected chi connectivity index (χ2v) is 10.3. The number of rotatable bonds is 10. The van der Waals surface area contributed by atoms with E-state index in [4.69, 9.17) is 0 Å². The van der Waals surface area contributed by atoms with Crippen molar-refractivity contribution in [2.24, 2.45) is 5.92 Å². The Hall–Kier alpha value is -3.72. The molecule has 0 radical (unpaired) electrons. The predicted octanol–water partition coefficient (Wildman–Crippen LogP) is 8.27. The summed E-state index contributed by atoms with van der Waals surface area (Å²) < 4.78 is 0. The molecule has 3 aromatic rings. The highest BCUT2D eigenvalue weighted by Crippen LogP contribution is 2.35. The Labute approximate surface area is 223 Å². The monoisotopic (exact) mass is 491 g/mol. The topological polar surface area (TPSA) is 18.5 Å². The summed E-state index contributed by atoms with van der Waals surface area (Å²) in [5.41, 5.74) is 9.46. The van der Waals surface area contributed by atoms with Gasteiger partial charge in [-0.3, -0.25) is 0 Å². The molecule has 3 nitrogen and oxygen atoms in total. The van der Waals surface area contributed by atoms with Crippen LogP contribution in [0.25, 0.3) is 17.2 Å². The molecule has 0 aromatic heterocycles. The molecule has 0 aliphatic heterocycles. The van der Waals surface area contributed by atoms with Gasteiger partial charge in [0.15, 0.2) is 0 Å². The van der Waals surface area contributed by atoms with E-state index in [2.05, 4.69) is 121 Å². The Morgan fingerprint density at radius 3 is 2.14 bits per heavy atom. The quantitative estimate of drug-likeness (QED) is 0.288. The fourth-order valence-electron chi connectivity index (χ4n) is 5.03. The maximum Gasteiger partial charge on any atom is 0.0478 e. The lowest BCUT2D eigenvalue weighted by molar-refractivity contribution is 0.396. The minimum absolute atomic E-state index is 0.548. The third-order valence-corrected chi connectivity index (χ3v) is 7.41. The van der Waals surface area contributed by atoms with Gasteiger partial charge >= 0.3 is 0 Å². The van der Waals surface area contributed by atoms with E-state index in [1.165, 1.54) is 65.9 Å². The second kappa shape index (κ2) is 12.5. The zero-order valence-corrected chi connectivity index (χ0v) is 22.7. The average molecular weight is 492 g/mol. The van der Waals surface area contributed by atoms with E-state index >= 15 is 0 Å². The summed E-state index contributed by atoms with van der Waals surface area (Å²) in [5, 5.41) is 3.08. The smallest absolute Gasteiger partial charge is 0.0478 e. The summed E-state index contributed by atoms with van der Waals surface area (Å²) in [4.78, 5) is 4.56. The molecule has 37 heavy (non-hydrogen) atoms. The van der Waals surface area contributed by atoms with Gasteiger partial charge in [0.2, 0.25) is 0 Å². The number of allylic oxidation sites excluding steroid dienone is 2. The molecule has 0 unspecified atom stereocenters. The Kier molecular flexibility index (Phi) is 8.90. The Balaban J connectivity index is 1.58. The first-order valence-corrected chi connectivity index (χ1v) is 13.4. The first-order chi connectivity index (χ1) is 17.9. The van der Waals surface area contributed by atoms with E-state index in [0.717, 1.165) is 17.8 Å². The summed E-state index contributed by atoms with van der Waals surface area (Å²) in [5.74, 6) is 0.548.